The number of hydrogen-bond acceptors (Lipinski definition) is 3. The van der Waals surface area contributed by atoms with Gasteiger partial charge >= 0.3 is 0 Å². The highest BCUT2D eigenvalue weighted by Crippen LogP contribution is 2.42. The fraction of sp³-hybridized carbons (Fsp3) is 0.310. The summed E-state index contributed by atoms with van der Waals surface area (Å²) in [4.78, 5) is 6.30. The summed E-state index contributed by atoms with van der Waals surface area (Å²) in [5.41, 5.74) is 6.55. The zero-order chi connectivity index (χ0) is 22.2. The average Bonchev–Trinajstić information content (AvgIpc) is 3.45. The van der Waals surface area contributed by atoms with Crippen LogP contribution in [0.1, 0.15) is 41.3 Å². The van der Waals surface area contributed by atoms with Gasteiger partial charge in [0.25, 0.3) is 0 Å². The van der Waals surface area contributed by atoms with E-state index in [4.69, 9.17) is 9.47 Å². The molecule has 4 aromatic rings. The Hall–Kier alpha value is -3.24. The molecule has 0 saturated carbocycles. The van der Waals surface area contributed by atoms with Crippen molar-refractivity contribution in [3.63, 3.8) is 0 Å². The Morgan fingerprint density at radius 2 is 1.67 bits per heavy atom. The molecule has 0 aliphatic carbocycles. The molecule has 4 heteroatoms. The van der Waals surface area contributed by atoms with Gasteiger partial charge in [0, 0.05) is 22.2 Å². The predicted molar refractivity (Wildman–Crippen MR) is 132 cm³/mol. The molecule has 1 N–H and O–H groups in total. The van der Waals surface area contributed by atoms with E-state index >= 15 is 0 Å². The molecule has 3 aromatic carbocycles. The third kappa shape index (κ3) is 3.89. The minimum atomic E-state index is 0.188. The molecule has 6 rings (SSSR count). The molecule has 0 bridgehead atoms. The maximum Gasteiger partial charge on any atom is 0.231 e. The van der Waals surface area contributed by atoms with E-state index in [-0.39, 0.29) is 6.04 Å². The molecule has 168 valence electrons. The molecule has 3 heterocycles. The molecule has 1 fully saturated rings. The smallest absolute Gasteiger partial charge is 0.231 e. The van der Waals surface area contributed by atoms with Gasteiger partial charge in [-0.3, -0.25) is 4.90 Å². The Morgan fingerprint density at radius 1 is 0.909 bits per heavy atom. The van der Waals surface area contributed by atoms with Gasteiger partial charge in [-0.25, -0.2) is 0 Å². The Labute approximate surface area is 195 Å². The van der Waals surface area contributed by atoms with Crippen molar-refractivity contribution >= 4 is 10.9 Å². The standard InChI is InChI=1S/C29H30N2O2/c1-20-28(24-9-5-6-10-25(24)30-20)29(23-11-12-26-27(18-23)33-19-32-26)31-15-13-22(14-16-31)17-21-7-3-2-4-8-21/h2-12,18,22,29-30H,13-17,19H2,1H3. The number of ether oxygens (including phenoxy) is 2. The first-order chi connectivity index (χ1) is 16.3. The van der Waals surface area contributed by atoms with Crippen molar-refractivity contribution in [3.05, 3.63) is 95.2 Å². The Balaban J connectivity index is 1.33. The van der Waals surface area contributed by atoms with Gasteiger partial charge in [0.05, 0.1) is 6.04 Å². The van der Waals surface area contributed by atoms with Crippen LogP contribution in [0.3, 0.4) is 0 Å². The molecule has 2 aliphatic rings. The summed E-state index contributed by atoms with van der Waals surface area (Å²) < 4.78 is 11.3. The van der Waals surface area contributed by atoms with E-state index in [0.717, 1.165) is 30.5 Å². The lowest BCUT2D eigenvalue weighted by Gasteiger charge is -2.38. The van der Waals surface area contributed by atoms with Crippen LogP contribution in [0, 0.1) is 12.8 Å². The highest BCUT2D eigenvalue weighted by atomic mass is 16.7. The number of fused-ring (bicyclic) bond motifs is 2. The molecule has 1 atom stereocenters. The summed E-state index contributed by atoms with van der Waals surface area (Å²) in [6.45, 7) is 4.70. The van der Waals surface area contributed by atoms with Crippen LogP contribution in [0.15, 0.2) is 72.8 Å². The van der Waals surface area contributed by atoms with Crippen molar-refractivity contribution in [2.75, 3.05) is 19.9 Å². The summed E-state index contributed by atoms with van der Waals surface area (Å²) in [6.07, 6.45) is 3.62. The van der Waals surface area contributed by atoms with Gasteiger partial charge in [-0.1, -0.05) is 54.6 Å². The van der Waals surface area contributed by atoms with Crippen molar-refractivity contribution in [2.24, 2.45) is 5.92 Å². The fourth-order valence-corrected chi connectivity index (χ4v) is 5.66. The summed E-state index contributed by atoms with van der Waals surface area (Å²) in [7, 11) is 0. The number of aryl methyl sites for hydroxylation is 1. The molecular formula is C29H30N2O2. The molecule has 0 radical (unpaired) electrons. The van der Waals surface area contributed by atoms with Crippen LogP contribution < -0.4 is 9.47 Å². The summed E-state index contributed by atoms with van der Waals surface area (Å²) >= 11 is 0. The summed E-state index contributed by atoms with van der Waals surface area (Å²) in [6, 6.07) is 26.3. The SMILES string of the molecule is Cc1[nH]c2ccccc2c1C(c1ccc2c(c1)OCO2)N1CCC(Cc2ccccc2)CC1. The number of aromatic nitrogens is 1. The van der Waals surface area contributed by atoms with Crippen LogP contribution in [0.4, 0.5) is 0 Å². The van der Waals surface area contributed by atoms with Gasteiger partial charge < -0.3 is 14.5 Å². The minimum Gasteiger partial charge on any atom is -0.454 e. The highest BCUT2D eigenvalue weighted by molar-refractivity contribution is 5.85. The Morgan fingerprint density at radius 3 is 2.52 bits per heavy atom. The number of piperidine rings is 1. The second kappa shape index (κ2) is 8.60. The number of aromatic amines is 1. The molecule has 1 aromatic heterocycles. The number of likely N-dealkylation sites (tertiary alicyclic amines) is 1. The first-order valence-corrected chi connectivity index (χ1v) is 12.0. The number of H-pyrrole nitrogens is 1. The number of nitrogens with one attached hydrogen (secondary N) is 1. The predicted octanol–water partition coefficient (Wildman–Crippen LogP) is 6.25. The largest absolute Gasteiger partial charge is 0.454 e. The van der Waals surface area contributed by atoms with Crippen LogP contribution in [-0.2, 0) is 6.42 Å². The first-order valence-electron chi connectivity index (χ1n) is 12.0. The first kappa shape index (κ1) is 20.4. The molecule has 33 heavy (non-hydrogen) atoms. The minimum absolute atomic E-state index is 0.188. The summed E-state index contributed by atoms with van der Waals surface area (Å²) in [5.74, 6) is 2.44. The van der Waals surface area contributed by atoms with E-state index in [9.17, 15) is 0 Å². The number of hydrogen-bond donors (Lipinski definition) is 1. The van der Waals surface area contributed by atoms with E-state index in [1.807, 2.05) is 0 Å². The van der Waals surface area contributed by atoms with E-state index in [2.05, 4.69) is 89.6 Å². The van der Waals surface area contributed by atoms with Gasteiger partial charge in [0.1, 0.15) is 0 Å². The normalized spacial score (nSPS) is 17.5. The number of nitrogens with zero attached hydrogens (tertiary/aromatic N) is 1. The zero-order valence-corrected chi connectivity index (χ0v) is 19.1. The Kier molecular flexibility index (Phi) is 5.31. The Bertz CT molecular complexity index is 1260. The van der Waals surface area contributed by atoms with E-state index < -0.39 is 0 Å². The van der Waals surface area contributed by atoms with Gasteiger partial charge in [-0.15, -0.1) is 0 Å². The lowest BCUT2D eigenvalue weighted by Crippen LogP contribution is -2.38. The topological polar surface area (TPSA) is 37.5 Å². The summed E-state index contributed by atoms with van der Waals surface area (Å²) in [5, 5.41) is 1.31. The van der Waals surface area contributed by atoms with Crippen LogP contribution in [0.2, 0.25) is 0 Å². The van der Waals surface area contributed by atoms with Crippen molar-refractivity contribution in [3.8, 4) is 11.5 Å². The van der Waals surface area contributed by atoms with Crippen LogP contribution in [0.5, 0.6) is 11.5 Å². The van der Waals surface area contributed by atoms with Gasteiger partial charge in [0.15, 0.2) is 11.5 Å². The van der Waals surface area contributed by atoms with Crippen molar-refractivity contribution in [1.82, 2.24) is 9.88 Å². The van der Waals surface area contributed by atoms with Crippen LogP contribution in [0.25, 0.3) is 10.9 Å². The maximum absolute atomic E-state index is 5.75. The number of para-hydroxylation sites is 1. The third-order valence-corrected chi connectivity index (χ3v) is 7.31. The van der Waals surface area contributed by atoms with Gasteiger partial charge in [-0.2, -0.15) is 0 Å². The molecule has 0 spiro atoms. The monoisotopic (exact) mass is 438 g/mol. The molecule has 2 aliphatic heterocycles. The van der Waals surface area contributed by atoms with Gasteiger partial charge in [0.2, 0.25) is 6.79 Å². The lowest BCUT2D eigenvalue weighted by atomic mass is 9.87. The number of rotatable bonds is 5. The molecular weight excluding hydrogens is 408 g/mol. The molecule has 1 saturated heterocycles. The number of benzene rings is 3. The second-order valence-electron chi connectivity index (χ2n) is 9.39. The van der Waals surface area contributed by atoms with Crippen LogP contribution in [-0.4, -0.2) is 29.8 Å². The fourth-order valence-electron chi connectivity index (χ4n) is 5.66. The quantitative estimate of drug-likeness (QED) is 0.400. The highest BCUT2D eigenvalue weighted by Gasteiger charge is 2.31. The van der Waals surface area contributed by atoms with Crippen LogP contribution >= 0.6 is 0 Å². The van der Waals surface area contributed by atoms with Crippen molar-refractivity contribution in [1.29, 1.82) is 0 Å². The molecule has 1 unspecified atom stereocenters. The second-order valence-corrected chi connectivity index (χ2v) is 9.39. The van der Waals surface area contributed by atoms with E-state index in [0.29, 0.717) is 6.79 Å². The van der Waals surface area contributed by atoms with Crippen molar-refractivity contribution in [2.45, 2.75) is 32.2 Å². The van der Waals surface area contributed by atoms with Gasteiger partial charge in [-0.05, 0) is 74.5 Å². The lowest BCUT2D eigenvalue weighted by molar-refractivity contribution is 0.151. The zero-order valence-electron chi connectivity index (χ0n) is 19.1. The molecule has 4 nitrogen and oxygen atoms in total. The average molecular weight is 439 g/mol. The molecule has 0 amide bonds. The van der Waals surface area contributed by atoms with E-state index in [1.54, 1.807) is 0 Å². The third-order valence-electron chi connectivity index (χ3n) is 7.31. The van der Waals surface area contributed by atoms with E-state index in [1.165, 1.54) is 52.5 Å². The van der Waals surface area contributed by atoms with Crippen molar-refractivity contribution < 1.29 is 9.47 Å². The maximum atomic E-state index is 5.75.